The third kappa shape index (κ3) is 5.85. The molecule has 0 radical (unpaired) electrons. The van der Waals surface area contributed by atoms with E-state index in [1.54, 1.807) is 31.4 Å². The van der Waals surface area contributed by atoms with Crippen molar-refractivity contribution in [1.82, 2.24) is 4.90 Å². The van der Waals surface area contributed by atoms with Gasteiger partial charge in [0.25, 0.3) is 11.8 Å². The van der Waals surface area contributed by atoms with Crippen LogP contribution in [-0.2, 0) is 16.0 Å². The summed E-state index contributed by atoms with van der Waals surface area (Å²) in [5, 5.41) is 8.77. The van der Waals surface area contributed by atoms with E-state index in [1.807, 2.05) is 17.0 Å². The summed E-state index contributed by atoms with van der Waals surface area (Å²) in [5.41, 5.74) is 3.23. The Balaban J connectivity index is 1.26. The van der Waals surface area contributed by atoms with E-state index >= 15 is 0 Å². The van der Waals surface area contributed by atoms with E-state index < -0.39 is 18.5 Å². The number of carbonyl (C=O) groups is 4. The number of carboxylic acid groups (broad SMARTS) is 1. The van der Waals surface area contributed by atoms with Crippen molar-refractivity contribution in [1.29, 1.82) is 0 Å². The van der Waals surface area contributed by atoms with Gasteiger partial charge >= 0.3 is 5.97 Å². The van der Waals surface area contributed by atoms with Gasteiger partial charge in [0, 0.05) is 49.4 Å². The van der Waals surface area contributed by atoms with E-state index in [2.05, 4.69) is 4.90 Å². The number of ether oxygens (including phenoxy) is 3. The first-order valence-corrected chi connectivity index (χ1v) is 13.5. The van der Waals surface area contributed by atoms with E-state index in [1.165, 1.54) is 36.3 Å². The Morgan fingerprint density at radius 3 is 2.14 bits per heavy atom. The highest BCUT2D eigenvalue weighted by atomic mass is 16.5. The van der Waals surface area contributed by atoms with Gasteiger partial charge in [0.2, 0.25) is 5.91 Å². The summed E-state index contributed by atoms with van der Waals surface area (Å²) >= 11 is 0. The molecule has 5 rings (SSSR count). The first kappa shape index (κ1) is 28.5. The number of imide groups is 1. The average Bonchev–Trinajstić information content (AvgIpc) is 3.02. The van der Waals surface area contributed by atoms with Gasteiger partial charge in [-0.05, 0) is 72.6 Å². The maximum absolute atomic E-state index is 13.3. The smallest absolute Gasteiger partial charge is 0.341 e. The Morgan fingerprint density at radius 1 is 0.786 bits per heavy atom. The van der Waals surface area contributed by atoms with Crippen LogP contribution in [0.2, 0.25) is 0 Å². The van der Waals surface area contributed by atoms with Crippen LogP contribution < -0.4 is 24.0 Å². The number of piperazine rings is 1. The molecule has 0 spiro atoms. The van der Waals surface area contributed by atoms with Crippen molar-refractivity contribution < 1.29 is 38.5 Å². The quantitative estimate of drug-likeness (QED) is 0.404. The van der Waals surface area contributed by atoms with Crippen LogP contribution in [-0.4, -0.2) is 80.7 Å². The highest BCUT2D eigenvalue weighted by Crippen LogP contribution is 2.34. The van der Waals surface area contributed by atoms with Gasteiger partial charge in [0.15, 0.2) is 18.1 Å². The van der Waals surface area contributed by atoms with Crippen LogP contribution in [0.4, 0.5) is 11.4 Å². The summed E-state index contributed by atoms with van der Waals surface area (Å²) < 4.78 is 15.7. The number of hydrogen-bond acceptors (Lipinski definition) is 8. The number of fused-ring (bicyclic) bond motifs is 1. The number of amides is 3. The van der Waals surface area contributed by atoms with Crippen molar-refractivity contribution in [3.8, 4) is 17.2 Å². The lowest BCUT2D eigenvalue weighted by Gasteiger charge is -2.37. The van der Waals surface area contributed by atoms with Gasteiger partial charge in [-0.15, -0.1) is 0 Å². The van der Waals surface area contributed by atoms with Crippen LogP contribution in [0.3, 0.4) is 0 Å². The normalized spacial score (nSPS) is 14.7. The van der Waals surface area contributed by atoms with Crippen LogP contribution in [0.1, 0.15) is 32.7 Å². The lowest BCUT2D eigenvalue weighted by Crippen LogP contribution is -2.49. The zero-order valence-corrected chi connectivity index (χ0v) is 23.4. The number of anilines is 2. The molecule has 0 bridgehead atoms. The Bertz CT molecular complexity index is 1510. The highest BCUT2D eigenvalue weighted by Gasteiger charge is 2.31. The van der Waals surface area contributed by atoms with E-state index in [9.17, 15) is 19.2 Å². The summed E-state index contributed by atoms with van der Waals surface area (Å²) in [7, 11) is 3.09. The Morgan fingerprint density at radius 2 is 1.48 bits per heavy atom. The maximum Gasteiger partial charge on any atom is 0.341 e. The predicted molar refractivity (Wildman–Crippen MR) is 154 cm³/mol. The number of carboxylic acids is 1. The molecule has 0 aromatic heterocycles. The number of aliphatic carboxylic acids is 1. The number of rotatable bonds is 8. The van der Waals surface area contributed by atoms with Gasteiger partial charge in [0.1, 0.15) is 5.75 Å². The number of methoxy groups -OCH3 is 2. The van der Waals surface area contributed by atoms with Crippen molar-refractivity contribution in [2.45, 2.75) is 12.8 Å². The number of nitrogens with zero attached hydrogens (tertiary/aromatic N) is 3. The van der Waals surface area contributed by atoms with Crippen molar-refractivity contribution in [3.05, 3.63) is 77.4 Å². The minimum absolute atomic E-state index is 0.0739. The SMILES string of the molecule is COc1ccc(C(=O)N2CCN(c3ccc4c(c3)CCC(=O)N4C(=O)c3ccc(OCC(=O)O)cc3)CC2)cc1OC. The molecule has 11 heteroatoms. The van der Waals surface area contributed by atoms with Gasteiger partial charge in [-0.3, -0.25) is 14.4 Å². The van der Waals surface area contributed by atoms with Gasteiger partial charge in [0.05, 0.1) is 19.9 Å². The molecule has 1 N–H and O–H groups in total. The molecule has 11 nitrogen and oxygen atoms in total. The maximum atomic E-state index is 13.3. The fourth-order valence-corrected chi connectivity index (χ4v) is 5.18. The van der Waals surface area contributed by atoms with Gasteiger partial charge in [-0.1, -0.05) is 0 Å². The zero-order chi connectivity index (χ0) is 29.8. The monoisotopic (exact) mass is 573 g/mol. The molecule has 42 heavy (non-hydrogen) atoms. The topological polar surface area (TPSA) is 126 Å². The summed E-state index contributed by atoms with van der Waals surface area (Å²) in [6.07, 6.45) is 0.723. The van der Waals surface area contributed by atoms with Crippen LogP contribution in [0.25, 0.3) is 0 Å². The van der Waals surface area contributed by atoms with Gasteiger partial charge < -0.3 is 29.1 Å². The van der Waals surface area contributed by atoms with Crippen molar-refractivity contribution >= 4 is 35.1 Å². The number of aryl methyl sites for hydroxylation is 1. The first-order valence-electron chi connectivity index (χ1n) is 13.5. The molecule has 1 fully saturated rings. The molecular formula is C31H31N3O8. The van der Waals surface area contributed by atoms with Crippen LogP contribution >= 0.6 is 0 Å². The van der Waals surface area contributed by atoms with Crippen molar-refractivity contribution in [3.63, 3.8) is 0 Å². The van der Waals surface area contributed by atoms with Gasteiger partial charge in [-0.2, -0.15) is 0 Å². The fourth-order valence-electron chi connectivity index (χ4n) is 5.18. The predicted octanol–water partition coefficient (Wildman–Crippen LogP) is 3.25. The van der Waals surface area contributed by atoms with Crippen LogP contribution in [0.15, 0.2) is 60.7 Å². The fraction of sp³-hybridized carbons (Fsp3) is 0.290. The molecular weight excluding hydrogens is 542 g/mol. The molecule has 0 unspecified atom stereocenters. The molecule has 2 aliphatic rings. The number of benzene rings is 3. The highest BCUT2D eigenvalue weighted by molar-refractivity contribution is 6.22. The first-order chi connectivity index (χ1) is 20.3. The molecule has 0 atom stereocenters. The molecule has 0 aliphatic carbocycles. The lowest BCUT2D eigenvalue weighted by atomic mass is 9.99. The Kier molecular flexibility index (Phi) is 8.28. The van der Waals surface area contributed by atoms with Gasteiger partial charge in [-0.25, -0.2) is 9.69 Å². The second-order valence-corrected chi connectivity index (χ2v) is 9.90. The second kappa shape index (κ2) is 12.2. The standard InChI is InChI=1S/C31H31N3O8/c1-40-26-11-5-22(18-27(26)41-2)30(38)33-15-13-32(14-16-33)23-7-10-25-21(17-23)6-12-28(35)34(25)31(39)20-3-8-24(9-4-20)42-19-29(36)37/h3-5,7-11,17-18H,6,12-16,19H2,1-2H3,(H,36,37). The molecule has 2 heterocycles. The second-order valence-electron chi connectivity index (χ2n) is 9.90. The minimum Gasteiger partial charge on any atom is -0.493 e. The van der Waals surface area contributed by atoms with E-state index in [0.29, 0.717) is 66.7 Å². The molecule has 218 valence electrons. The third-order valence-electron chi connectivity index (χ3n) is 7.39. The van der Waals surface area contributed by atoms with Crippen LogP contribution in [0.5, 0.6) is 17.2 Å². The van der Waals surface area contributed by atoms with Crippen molar-refractivity contribution in [2.75, 3.05) is 56.8 Å². The Hall–Kier alpha value is -5.06. The summed E-state index contributed by atoms with van der Waals surface area (Å²) in [5.74, 6) is -0.535. The number of hydrogen-bond donors (Lipinski definition) is 1. The largest absolute Gasteiger partial charge is 0.493 e. The summed E-state index contributed by atoms with van der Waals surface area (Å²) in [6, 6.07) is 16.9. The molecule has 2 aliphatic heterocycles. The van der Waals surface area contributed by atoms with E-state index in [0.717, 1.165) is 11.3 Å². The average molecular weight is 574 g/mol. The lowest BCUT2D eigenvalue weighted by molar-refractivity contribution is -0.139. The molecule has 3 aromatic rings. The van der Waals surface area contributed by atoms with E-state index in [-0.39, 0.29) is 18.2 Å². The molecule has 3 amide bonds. The molecule has 1 saturated heterocycles. The summed E-state index contributed by atoms with van der Waals surface area (Å²) in [4.78, 5) is 55.2. The van der Waals surface area contributed by atoms with E-state index in [4.69, 9.17) is 19.3 Å². The van der Waals surface area contributed by atoms with Crippen LogP contribution in [0, 0.1) is 0 Å². The third-order valence-corrected chi connectivity index (χ3v) is 7.39. The Labute approximate surface area is 242 Å². The molecule has 3 aromatic carbocycles. The zero-order valence-electron chi connectivity index (χ0n) is 23.4. The summed E-state index contributed by atoms with van der Waals surface area (Å²) in [6.45, 7) is 1.86. The number of carbonyl (C=O) groups excluding carboxylic acids is 3. The molecule has 0 saturated carbocycles. The van der Waals surface area contributed by atoms with Crippen molar-refractivity contribution in [2.24, 2.45) is 0 Å². The minimum atomic E-state index is -1.10.